The summed E-state index contributed by atoms with van der Waals surface area (Å²) in [6.07, 6.45) is 3.85. The smallest absolute Gasteiger partial charge is 0.245 e. The van der Waals surface area contributed by atoms with Crippen LogP contribution < -0.4 is 0 Å². The summed E-state index contributed by atoms with van der Waals surface area (Å²) in [5.74, 6) is -0.0547. The molecule has 1 aromatic heterocycles. The van der Waals surface area contributed by atoms with Crippen LogP contribution in [0.1, 0.15) is 5.69 Å². The standard InChI is InChI=1S/C11H14N2O/c1-3-11(14)13(2)9-7-10-6-4-5-8-12-10/h3-6,8H,1,7,9H2,2H3. The van der Waals surface area contributed by atoms with Crippen LogP contribution in [-0.4, -0.2) is 29.4 Å². The van der Waals surface area contributed by atoms with Gasteiger partial charge in [-0.15, -0.1) is 0 Å². The van der Waals surface area contributed by atoms with Gasteiger partial charge in [-0.25, -0.2) is 0 Å². The third kappa shape index (κ3) is 3.01. The van der Waals surface area contributed by atoms with E-state index in [2.05, 4.69) is 11.6 Å². The first-order chi connectivity index (χ1) is 6.74. The molecule has 0 atom stereocenters. The minimum Gasteiger partial charge on any atom is -0.342 e. The van der Waals surface area contributed by atoms with Gasteiger partial charge >= 0.3 is 0 Å². The predicted molar refractivity (Wildman–Crippen MR) is 55.8 cm³/mol. The summed E-state index contributed by atoms with van der Waals surface area (Å²) in [7, 11) is 1.76. The number of nitrogens with zero attached hydrogens (tertiary/aromatic N) is 2. The number of likely N-dealkylation sites (N-methyl/N-ethyl adjacent to an activating group) is 1. The van der Waals surface area contributed by atoms with Gasteiger partial charge in [0.25, 0.3) is 0 Å². The van der Waals surface area contributed by atoms with E-state index in [1.165, 1.54) is 6.08 Å². The number of pyridine rings is 1. The Hall–Kier alpha value is -1.64. The largest absolute Gasteiger partial charge is 0.342 e. The van der Waals surface area contributed by atoms with Crippen molar-refractivity contribution in [2.24, 2.45) is 0 Å². The normalized spacial score (nSPS) is 9.50. The highest BCUT2D eigenvalue weighted by molar-refractivity contribution is 5.86. The molecule has 0 spiro atoms. The number of carbonyl (C=O) groups excluding carboxylic acids is 1. The number of aromatic nitrogens is 1. The molecule has 0 aliphatic carbocycles. The van der Waals surface area contributed by atoms with Crippen molar-refractivity contribution in [2.75, 3.05) is 13.6 Å². The highest BCUT2D eigenvalue weighted by Gasteiger charge is 2.03. The Kier molecular flexibility index (Phi) is 3.85. The van der Waals surface area contributed by atoms with E-state index in [0.29, 0.717) is 6.54 Å². The molecule has 0 N–H and O–H groups in total. The molecule has 3 nitrogen and oxygen atoms in total. The summed E-state index contributed by atoms with van der Waals surface area (Å²) in [5, 5.41) is 0. The van der Waals surface area contributed by atoms with Gasteiger partial charge in [0.2, 0.25) is 5.91 Å². The fourth-order valence-corrected chi connectivity index (χ4v) is 1.09. The summed E-state index contributed by atoms with van der Waals surface area (Å²) >= 11 is 0. The van der Waals surface area contributed by atoms with Crippen LogP contribution in [0.25, 0.3) is 0 Å². The van der Waals surface area contributed by atoms with Gasteiger partial charge in [-0.1, -0.05) is 12.6 Å². The minimum absolute atomic E-state index is 0.0547. The maximum absolute atomic E-state index is 11.1. The molecule has 0 aliphatic heterocycles. The van der Waals surface area contributed by atoms with E-state index in [4.69, 9.17) is 0 Å². The number of hydrogen-bond donors (Lipinski definition) is 0. The molecule has 0 fully saturated rings. The summed E-state index contributed by atoms with van der Waals surface area (Å²) in [6.45, 7) is 4.10. The van der Waals surface area contributed by atoms with Crippen molar-refractivity contribution in [1.29, 1.82) is 0 Å². The number of amides is 1. The van der Waals surface area contributed by atoms with Gasteiger partial charge in [-0.2, -0.15) is 0 Å². The average Bonchev–Trinajstić information content (AvgIpc) is 2.26. The molecule has 0 radical (unpaired) electrons. The van der Waals surface area contributed by atoms with Crippen molar-refractivity contribution in [1.82, 2.24) is 9.88 Å². The third-order valence-electron chi connectivity index (χ3n) is 1.98. The lowest BCUT2D eigenvalue weighted by Crippen LogP contribution is -2.27. The van der Waals surface area contributed by atoms with Crippen molar-refractivity contribution in [3.8, 4) is 0 Å². The van der Waals surface area contributed by atoms with Crippen molar-refractivity contribution >= 4 is 5.91 Å². The molecule has 74 valence electrons. The van der Waals surface area contributed by atoms with Gasteiger partial charge in [-0.3, -0.25) is 9.78 Å². The topological polar surface area (TPSA) is 33.2 Å². The van der Waals surface area contributed by atoms with Crippen LogP contribution in [0.15, 0.2) is 37.1 Å². The average molecular weight is 190 g/mol. The molecule has 1 rings (SSSR count). The van der Waals surface area contributed by atoms with E-state index in [-0.39, 0.29) is 5.91 Å². The fourth-order valence-electron chi connectivity index (χ4n) is 1.09. The lowest BCUT2D eigenvalue weighted by Gasteiger charge is -2.13. The van der Waals surface area contributed by atoms with Crippen molar-refractivity contribution in [3.05, 3.63) is 42.7 Å². The Balaban J connectivity index is 2.41. The molecule has 1 aromatic rings. The van der Waals surface area contributed by atoms with Gasteiger partial charge < -0.3 is 4.90 Å². The minimum atomic E-state index is -0.0547. The van der Waals surface area contributed by atoms with Crippen LogP contribution in [0.4, 0.5) is 0 Å². The molecule has 3 heteroatoms. The highest BCUT2D eigenvalue weighted by Crippen LogP contribution is 1.96. The molecule has 0 aromatic carbocycles. The molecule has 0 aliphatic rings. The van der Waals surface area contributed by atoms with Crippen LogP contribution >= 0.6 is 0 Å². The Morgan fingerprint density at radius 2 is 2.43 bits per heavy atom. The first kappa shape index (κ1) is 10.4. The zero-order valence-electron chi connectivity index (χ0n) is 8.31. The molecule has 0 unspecified atom stereocenters. The molecule has 1 amide bonds. The van der Waals surface area contributed by atoms with Crippen molar-refractivity contribution < 1.29 is 4.79 Å². The van der Waals surface area contributed by atoms with Gasteiger partial charge in [0.15, 0.2) is 0 Å². The second-order valence-electron chi connectivity index (χ2n) is 3.03. The molecule has 0 bridgehead atoms. The third-order valence-corrected chi connectivity index (χ3v) is 1.98. The van der Waals surface area contributed by atoms with Gasteiger partial charge in [0.1, 0.15) is 0 Å². The molecular formula is C11H14N2O. The first-order valence-corrected chi connectivity index (χ1v) is 4.51. The van der Waals surface area contributed by atoms with Gasteiger partial charge in [-0.05, 0) is 18.2 Å². The Labute approximate surface area is 84.1 Å². The van der Waals surface area contributed by atoms with E-state index < -0.39 is 0 Å². The van der Waals surface area contributed by atoms with E-state index in [1.807, 2.05) is 18.2 Å². The van der Waals surface area contributed by atoms with Crippen LogP contribution in [0.3, 0.4) is 0 Å². The van der Waals surface area contributed by atoms with Crippen LogP contribution in [0.5, 0.6) is 0 Å². The van der Waals surface area contributed by atoms with Crippen molar-refractivity contribution in [3.63, 3.8) is 0 Å². The molecule has 1 heterocycles. The van der Waals surface area contributed by atoms with Crippen LogP contribution in [-0.2, 0) is 11.2 Å². The monoisotopic (exact) mass is 190 g/mol. The lowest BCUT2D eigenvalue weighted by molar-refractivity contribution is -0.124. The van der Waals surface area contributed by atoms with E-state index in [9.17, 15) is 4.79 Å². The van der Waals surface area contributed by atoms with Crippen LogP contribution in [0.2, 0.25) is 0 Å². The number of hydrogen-bond acceptors (Lipinski definition) is 2. The van der Waals surface area contributed by atoms with Gasteiger partial charge in [0.05, 0.1) is 0 Å². The molecule has 14 heavy (non-hydrogen) atoms. The van der Waals surface area contributed by atoms with E-state index in [0.717, 1.165) is 12.1 Å². The van der Waals surface area contributed by atoms with E-state index in [1.54, 1.807) is 18.1 Å². The second kappa shape index (κ2) is 5.17. The molecule has 0 saturated carbocycles. The van der Waals surface area contributed by atoms with Crippen molar-refractivity contribution in [2.45, 2.75) is 6.42 Å². The predicted octanol–water partition coefficient (Wildman–Crippen LogP) is 1.27. The Morgan fingerprint density at radius 3 is 3.00 bits per heavy atom. The summed E-state index contributed by atoms with van der Waals surface area (Å²) in [5.41, 5.74) is 0.996. The Morgan fingerprint density at radius 1 is 1.64 bits per heavy atom. The highest BCUT2D eigenvalue weighted by atomic mass is 16.2. The lowest BCUT2D eigenvalue weighted by atomic mass is 10.2. The number of carbonyl (C=O) groups is 1. The molecule has 0 saturated heterocycles. The molecular weight excluding hydrogens is 176 g/mol. The zero-order valence-corrected chi connectivity index (χ0v) is 8.31. The maximum atomic E-state index is 11.1. The zero-order chi connectivity index (χ0) is 10.4. The van der Waals surface area contributed by atoms with E-state index >= 15 is 0 Å². The quantitative estimate of drug-likeness (QED) is 0.670. The fraction of sp³-hybridized carbons (Fsp3) is 0.273. The maximum Gasteiger partial charge on any atom is 0.245 e. The summed E-state index contributed by atoms with van der Waals surface area (Å²) in [6, 6.07) is 5.77. The Bertz CT molecular complexity index is 308. The second-order valence-corrected chi connectivity index (χ2v) is 3.03. The van der Waals surface area contributed by atoms with Gasteiger partial charge in [0, 0.05) is 31.9 Å². The summed E-state index contributed by atoms with van der Waals surface area (Å²) in [4.78, 5) is 16.9. The first-order valence-electron chi connectivity index (χ1n) is 4.51. The number of rotatable bonds is 4. The van der Waals surface area contributed by atoms with Crippen LogP contribution in [0, 0.1) is 0 Å². The summed E-state index contributed by atoms with van der Waals surface area (Å²) < 4.78 is 0. The SMILES string of the molecule is C=CC(=O)N(C)CCc1ccccn1.